The standard InChI is InChI=1S/C26H36Cl2N4O3/c27-21-12-7-18(16-22(21)28)26(35)32-15-3-14-31(23(33)13-6-17-4-1-2-5-17)25(32)24(34)30-20-10-8-19(29)9-11-20/h7,12,16-17,19-20,25H,1-6,8-11,13-15,29H2,(H,30,34). The molecular weight excluding hydrogens is 487 g/mol. The summed E-state index contributed by atoms with van der Waals surface area (Å²) in [6.45, 7) is 0.849. The largest absolute Gasteiger partial charge is 0.350 e. The first kappa shape index (κ1) is 26.2. The van der Waals surface area contributed by atoms with Gasteiger partial charge in [-0.1, -0.05) is 48.9 Å². The third-order valence-electron chi connectivity index (χ3n) is 7.73. The molecule has 1 aromatic rings. The van der Waals surface area contributed by atoms with E-state index < -0.39 is 6.17 Å². The first-order chi connectivity index (χ1) is 16.8. The molecule has 3 fully saturated rings. The highest BCUT2D eigenvalue weighted by atomic mass is 35.5. The molecule has 1 saturated heterocycles. The zero-order valence-electron chi connectivity index (χ0n) is 20.2. The van der Waals surface area contributed by atoms with E-state index in [0.29, 0.717) is 42.4 Å². The van der Waals surface area contributed by atoms with Crippen molar-refractivity contribution in [3.8, 4) is 0 Å². The summed E-state index contributed by atoms with van der Waals surface area (Å²) in [4.78, 5) is 43.6. The van der Waals surface area contributed by atoms with E-state index in [-0.39, 0.29) is 34.8 Å². The van der Waals surface area contributed by atoms with E-state index in [1.165, 1.54) is 36.6 Å². The number of halogens is 2. The van der Waals surface area contributed by atoms with Crippen molar-refractivity contribution in [3.63, 3.8) is 0 Å². The van der Waals surface area contributed by atoms with Crippen LogP contribution in [0.15, 0.2) is 18.2 Å². The van der Waals surface area contributed by atoms with Crippen LogP contribution in [-0.2, 0) is 9.59 Å². The van der Waals surface area contributed by atoms with Gasteiger partial charge in [-0.05, 0) is 62.6 Å². The quantitative estimate of drug-likeness (QED) is 0.580. The van der Waals surface area contributed by atoms with Gasteiger partial charge in [0.1, 0.15) is 0 Å². The maximum atomic E-state index is 13.6. The van der Waals surface area contributed by atoms with E-state index in [1.54, 1.807) is 17.0 Å². The van der Waals surface area contributed by atoms with E-state index in [4.69, 9.17) is 28.9 Å². The van der Waals surface area contributed by atoms with Crippen LogP contribution in [-0.4, -0.2) is 58.9 Å². The Morgan fingerprint density at radius 3 is 2.29 bits per heavy atom. The molecule has 1 atom stereocenters. The van der Waals surface area contributed by atoms with E-state index in [2.05, 4.69) is 5.32 Å². The summed E-state index contributed by atoms with van der Waals surface area (Å²) in [5.41, 5.74) is 6.38. The molecule has 1 unspecified atom stereocenters. The molecule has 3 N–H and O–H groups in total. The van der Waals surface area contributed by atoms with Crippen LogP contribution in [0.25, 0.3) is 0 Å². The van der Waals surface area contributed by atoms with Crippen molar-refractivity contribution in [2.24, 2.45) is 11.7 Å². The molecule has 0 aromatic heterocycles. The minimum Gasteiger partial charge on any atom is -0.350 e. The molecule has 7 nitrogen and oxygen atoms in total. The number of rotatable bonds is 6. The SMILES string of the molecule is NC1CCC(NC(=O)C2N(C(=O)CCC3CCCC3)CCCN2C(=O)c2ccc(Cl)c(Cl)c2)CC1. The van der Waals surface area contributed by atoms with Crippen molar-refractivity contribution in [2.45, 2.75) is 88.9 Å². The Hall–Kier alpha value is -1.83. The minimum atomic E-state index is -0.975. The third-order valence-corrected chi connectivity index (χ3v) is 8.47. The van der Waals surface area contributed by atoms with Gasteiger partial charge in [0.2, 0.25) is 5.91 Å². The average molecular weight is 524 g/mol. The number of carbonyl (C=O) groups is 3. The normalized spacial score (nSPS) is 25.5. The predicted molar refractivity (Wildman–Crippen MR) is 137 cm³/mol. The molecule has 9 heteroatoms. The van der Waals surface area contributed by atoms with Crippen LogP contribution in [0, 0.1) is 5.92 Å². The van der Waals surface area contributed by atoms with Crippen LogP contribution in [0.4, 0.5) is 0 Å². The molecule has 1 aliphatic heterocycles. The highest BCUT2D eigenvalue weighted by molar-refractivity contribution is 6.42. The summed E-state index contributed by atoms with van der Waals surface area (Å²) in [6.07, 6.45) is 8.98. The number of amides is 3. The molecule has 2 aliphatic carbocycles. The molecule has 3 aliphatic rings. The molecular formula is C26H36Cl2N4O3. The lowest BCUT2D eigenvalue weighted by atomic mass is 9.91. The van der Waals surface area contributed by atoms with Gasteiger partial charge in [-0.3, -0.25) is 14.4 Å². The molecule has 1 heterocycles. The van der Waals surface area contributed by atoms with Crippen LogP contribution in [0.2, 0.25) is 10.0 Å². The monoisotopic (exact) mass is 522 g/mol. The van der Waals surface area contributed by atoms with Crippen molar-refractivity contribution in [1.82, 2.24) is 15.1 Å². The minimum absolute atomic E-state index is 0.00148. The maximum Gasteiger partial charge on any atom is 0.264 e. The van der Waals surface area contributed by atoms with Crippen molar-refractivity contribution in [1.29, 1.82) is 0 Å². The van der Waals surface area contributed by atoms with Gasteiger partial charge in [-0.2, -0.15) is 0 Å². The smallest absolute Gasteiger partial charge is 0.264 e. The number of hydrogen-bond acceptors (Lipinski definition) is 4. The second-order valence-corrected chi connectivity index (χ2v) is 11.1. The summed E-state index contributed by atoms with van der Waals surface area (Å²) in [5.74, 6) is -0.110. The zero-order chi connectivity index (χ0) is 24.9. The van der Waals surface area contributed by atoms with Gasteiger partial charge >= 0.3 is 0 Å². The number of carbonyl (C=O) groups excluding carboxylic acids is 3. The van der Waals surface area contributed by atoms with Crippen LogP contribution < -0.4 is 11.1 Å². The lowest BCUT2D eigenvalue weighted by molar-refractivity contribution is -0.149. The van der Waals surface area contributed by atoms with E-state index in [1.807, 2.05) is 0 Å². The second kappa shape index (κ2) is 11.9. The van der Waals surface area contributed by atoms with Crippen molar-refractivity contribution < 1.29 is 14.4 Å². The Kier molecular flexibility index (Phi) is 8.95. The van der Waals surface area contributed by atoms with Crippen molar-refractivity contribution in [3.05, 3.63) is 33.8 Å². The fourth-order valence-electron chi connectivity index (χ4n) is 5.69. The highest BCUT2D eigenvalue weighted by Gasteiger charge is 2.41. The van der Waals surface area contributed by atoms with Crippen molar-refractivity contribution >= 4 is 40.9 Å². The van der Waals surface area contributed by atoms with Gasteiger partial charge in [-0.25, -0.2) is 0 Å². The first-order valence-electron chi connectivity index (χ1n) is 12.9. The van der Waals surface area contributed by atoms with Crippen LogP contribution >= 0.6 is 23.2 Å². The molecule has 2 saturated carbocycles. The fraction of sp³-hybridized carbons (Fsp3) is 0.654. The average Bonchev–Trinajstić information content (AvgIpc) is 3.38. The molecule has 35 heavy (non-hydrogen) atoms. The summed E-state index contributed by atoms with van der Waals surface area (Å²) in [6, 6.07) is 4.87. The van der Waals surface area contributed by atoms with E-state index in [0.717, 1.165) is 32.1 Å². The summed E-state index contributed by atoms with van der Waals surface area (Å²) in [5, 5.41) is 3.75. The number of nitrogens with zero attached hydrogens (tertiary/aromatic N) is 2. The highest BCUT2D eigenvalue weighted by Crippen LogP contribution is 2.30. The number of benzene rings is 1. The van der Waals surface area contributed by atoms with Gasteiger partial charge < -0.3 is 20.9 Å². The van der Waals surface area contributed by atoms with Gasteiger partial charge in [0.25, 0.3) is 11.8 Å². The van der Waals surface area contributed by atoms with Gasteiger partial charge in [0.15, 0.2) is 6.17 Å². The first-order valence-corrected chi connectivity index (χ1v) is 13.7. The van der Waals surface area contributed by atoms with Gasteiger partial charge in [0.05, 0.1) is 10.0 Å². The van der Waals surface area contributed by atoms with Crippen LogP contribution in [0.1, 0.15) is 81.0 Å². The molecule has 0 radical (unpaired) electrons. The molecule has 1 aromatic carbocycles. The fourth-order valence-corrected chi connectivity index (χ4v) is 5.98. The molecule has 4 rings (SSSR count). The maximum absolute atomic E-state index is 13.6. The van der Waals surface area contributed by atoms with Gasteiger partial charge in [0, 0.05) is 37.2 Å². The molecule has 3 amide bonds. The lowest BCUT2D eigenvalue weighted by Crippen LogP contribution is -2.64. The molecule has 0 bridgehead atoms. The molecule has 0 spiro atoms. The zero-order valence-corrected chi connectivity index (χ0v) is 21.7. The molecule has 192 valence electrons. The van der Waals surface area contributed by atoms with Crippen LogP contribution in [0.3, 0.4) is 0 Å². The van der Waals surface area contributed by atoms with Crippen molar-refractivity contribution in [2.75, 3.05) is 13.1 Å². The lowest BCUT2D eigenvalue weighted by Gasteiger charge is -2.43. The van der Waals surface area contributed by atoms with Crippen LogP contribution in [0.5, 0.6) is 0 Å². The number of nitrogens with two attached hydrogens (primary N) is 1. The Morgan fingerprint density at radius 1 is 0.914 bits per heavy atom. The third kappa shape index (κ3) is 6.49. The summed E-state index contributed by atoms with van der Waals surface area (Å²) >= 11 is 12.2. The van der Waals surface area contributed by atoms with E-state index >= 15 is 0 Å². The Balaban J connectivity index is 1.53. The topological polar surface area (TPSA) is 95.7 Å². The predicted octanol–water partition coefficient (Wildman–Crippen LogP) is 4.35. The Labute approximate surface area is 217 Å². The summed E-state index contributed by atoms with van der Waals surface area (Å²) in [7, 11) is 0. The van der Waals surface area contributed by atoms with Gasteiger partial charge in [-0.15, -0.1) is 0 Å². The Bertz CT molecular complexity index is 929. The van der Waals surface area contributed by atoms with E-state index in [9.17, 15) is 14.4 Å². The second-order valence-electron chi connectivity index (χ2n) is 10.3. The summed E-state index contributed by atoms with van der Waals surface area (Å²) < 4.78 is 0. The Morgan fingerprint density at radius 2 is 1.60 bits per heavy atom. The number of nitrogens with one attached hydrogen (secondary N) is 1. The number of hydrogen-bond donors (Lipinski definition) is 2.